The highest BCUT2D eigenvalue weighted by molar-refractivity contribution is 7.99. The molecule has 0 aromatic heterocycles. The van der Waals surface area contributed by atoms with Gasteiger partial charge >= 0.3 is 0 Å². The summed E-state index contributed by atoms with van der Waals surface area (Å²) < 4.78 is 0. The molecule has 2 rings (SSSR count). The first kappa shape index (κ1) is 14.2. The van der Waals surface area contributed by atoms with Crippen LogP contribution in [0.5, 0.6) is 0 Å². The molecule has 1 amide bonds. The van der Waals surface area contributed by atoms with Crippen LogP contribution < -0.4 is 5.32 Å². The Hall–Kier alpha value is -0.220. The number of nitrogens with one attached hydrogen (secondary N) is 1. The Bertz CT molecular complexity index is 283. The Morgan fingerprint density at radius 2 is 2.06 bits per heavy atom. The summed E-state index contributed by atoms with van der Waals surface area (Å²) in [5.41, 5.74) is 0. The number of likely N-dealkylation sites (N-methyl/N-ethyl adjacent to an activating group) is 1. The van der Waals surface area contributed by atoms with Crippen molar-refractivity contribution in [2.24, 2.45) is 0 Å². The lowest BCUT2D eigenvalue weighted by Gasteiger charge is -2.43. The zero-order valence-electron chi connectivity index (χ0n) is 11.7. The summed E-state index contributed by atoms with van der Waals surface area (Å²) in [4.78, 5) is 14.7. The summed E-state index contributed by atoms with van der Waals surface area (Å²) in [6.45, 7) is 3.95. The van der Waals surface area contributed by atoms with E-state index < -0.39 is 0 Å². The van der Waals surface area contributed by atoms with Gasteiger partial charge in [-0.2, -0.15) is 11.8 Å². The van der Waals surface area contributed by atoms with Crippen LogP contribution in [0.15, 0.2) is 0 Å². The molecule has 1 heterocycles. The van der Waals surface area contributed by atoms with Crippen molar-refractivity contribution in [3.8, 4) is 0 Å². The number of rotatable bonds is 4. The van der Waals surface area contributed by atoms with E-state index in [0.717, 1.165) is 25.9 Å². The van der Waals surface area contributed by atoms with Crippen LogP contribution in [-0.4, -0.2) is 47.5 Å². The first-order valence-corrected chi connectivity index (χ1v) is 8.63. The third-order valence-corrected chi connectivity index (χ3v) is 5.45. The highest BCUT2D eigenvalue weighted by atomic mass is 32.2. The minimum Gasteiger partial charge on any atom is -0.337 e. The summed E-state index contributed by atoms with van der Waals surface area (Å²) in [6, 6.07) is 0.566. The van der Waals surface area contributed by atoms with E-state index in [0.29, 0.717) is 17.2 Å². The molecule has 104 valence electrons. The predicted octanol–water partition coefficient (Wildman–Crippen LogP) is 2.26. The molecule has 3 nitrogen and oxygen atoms in total. The van der Waals surface area contributed by atoms with E-state index in [2.05, 4.69) is 23.4 Å². The zero-order chi connectivity index (χ0) is 13.0. The highest BCUT2D eigenvalue weighted by Crippen LogP contribution is 2.32. The number of nitrogens with zero attached hydrogens (tertiary/aromatic N) is 1. The monoisotopic (exact) mass is 270 g/mol. The molecule has 1 N–H and O–H groups in total. The number of thioether (sulfide) groups is 1. The van der Waals surface area contributed by atoms with Gasteiger partial charge in [-0.25, -0.2) is 0 Å². The third kappa shape index (κ3) is 3.02. The van der Waals surface area contributed by atoms with Crippen molar-refractivity contribution in [1.29, 1.82) is 0 Å². The van der Waals surface area contributed by atoms with Crippen molar-refractivity contribution < 1.29 is 4.79 Å². The smallest absolute Gasteiger partial charge is 0.239 e. The Labute approximate surface area is 115 Å². The first-order chi connectivity index (χ1) is 8.77. The van der Waals surface area contributed by atoms with Gasteiger partial charge in [-0.3, -0.25) is 4.79 Å². The number of carbonyl (C=O) groups is 1. The van der Waals surface area contributed by atoms with Crippen molar-refractivity contribution in [3.05, 3.63) is 0 Å². The molecule has 2 aliphatic rings. The summed E-state index contributed by atoms with van der Waals surface area (Å²) in [7, 11) is 0. The second kappa shape index (κ2) is 6.80. The molecule has 3 atom stereocenters. The summed E-state index contributed by atoms with van der Waals surface area (Å²) in [5.74, 6) is 0.356. The van der Waals surface area contributed by atoms with Crippen molar-refractivity contribution in [3.63, 3.8) is 0 Å². The summed E-state index contributed by atoms with van der Waals surface area (Å²) in [5, 5.41) is 3.99. The van der Waals surface area contributed by atoms with Crippen molar-refractivity contribution in [2.75, 3.05) is 19.3 Å². The van der Waals surface area contributed by atoms with Crippen molar-refractivity contribution in [2.45, 2.75) is 62.8 Å². The molecule has 2 fully saturated rings. The summed E-state index contributed by atoms with van der Waals surface area (Å²) >= 11 is 1.95. The van der Waals surface area contributed by atoms with Gasteiger partial charge in [-0.15, -0.1) is 0 Å². The van der Waals surface area contributed by atoms with Crippen LogP contribution >= 0.6 is 11.8 Å². The van der Waals surface area contributed by atoms with Crippen LogP contribution in [0.1, 0.15) is 45.4 Å². The molecule has 1 saturated carbocycles. The predicted molar refractivity (Wildman–Crippen MR) is 78.0 cm³/mol. The number of amides is 1. The number of carbonyl (C=O) groups excluding carboxylic acids is 1. The van der Waals surface area contributed by atoms with Gasteiger partial charge in [0.1, 0.15) is 0 Å². The largest absolute Gasteiger partial charge is 0.337 e. The Balaban J connectivity index is 2.03. The summed E-state index contributed by atoms with van der Waals surface area (Å²) in [6.07, 6.45) is 9.47. The fraction of sp³-hybridized carbons (Fsp3) is 0.929. The maximum absolute atomic E-state index is 12.5. The molecule has 0 aromatic carbocycles. The molecular formula is C14H26N2OS. The fourth-order valence-corrected chi connectivity index (χ4v) is 4.37. The Kier molecular flexibility index (Phi) is 5.37. The van der Waals surface area contributed by atoms with E-state index >= 15 is 0 Å². The van der Waals surface area contributed by atoms with Crippen LogP contribution in [0.2, 0.25) is 0 Å². The maximum atomic E-state index is 12.5. The van der Waals surface area contributed by atoms with Gasteiger partial charge in [-0.1, -0.05) is 19.8 Å². The van der Waals surface area contributed by atoms with Crippen LogP contribution in [0.25, 0.3) is 0 Å². The third-order valence-electron chi connectivity index (χ3n) is 4.29. The van der Waals surface area contributed by atoms with Crippen molar-refractivity contribution in [1.82, 2.24) is 10.2 Å². The van der Waals surface area contributed by atoms with Crippen molar-refractivity contribution >= 4 is 17.7 Å². The Morgan fingerprint density at radius 1 is 1.28 bits per heavy atom. The average molecular weight is 270 g/mol. The molecular weight excluding hydrogens is 244 g/mol. The average Bonchev–Trinajstić information content (AvgIpc) is 2.41. The molecule has 18 heavy (non-hydrogen) atoms. The lowest BCUT2D eigenvalue weighted by molar-refractivity contribution is -0.139. The quantitative estimate of drug-likeness (QED) is 0.850. The van der Waals surface area contributed by atoms with E-state index in [1.54, 1.807) is 0 Å². The molecule has 1 aliphatic carbocycles. The number of hydrogen-bond donors (Lipinski definition) is 1. The van der Waals surface area contributed by atoms with E-state index in [4.69, 9.17) is 0 Å². The molecule has 4 heteroatoms. The lowest BCUT2D eigenvalue weighted by Crippen LogP contribution is -2.57. The normalized spacial score (nSPS) is 33.8. The number of hydrogen-bond acceptors (Lipinski definition) is 3. The second-order valence-corrected chi connectivity index (χ2v) is 6.49. The molecule has 0 bridgehead atoms. The zero-order valence-corrected chi connectivity index (χ0v) is 12.5. The first-order valence-electron chi connectivity index (χ1n) is 7.34. The van der Waals surface area contributed by atoms with Crippen LogP contribution in [0.4, 0.5) is 0 Å². The van der Waals surface area contributed by atoms with Gasteiger partial charge in [0.15, 0.2) is 0 Å². The van der Waals surface area contributed by atoms with E-state index in [1.165, 1.54) is 25.7 Å². The van der Waals surface area contributed by atoms with Gasteiger partial charge in [0.05, 0.1) is 6.04 Å². The molecule has 0 aromatic rings. The molecule has 0 radical (unpaired) electrons. The SMILES string of the molecule is CCNC1CCCN(C2CCCCC2SC)C1=O. The second-order valence-electron chi connectivity index (χ2n) is 5.41. The van der Waals surface area contributed by atoms with E-state index in [9.17, 15) is 4.79 Å². The maximum Gasteiger partial charge on any atom is 0.239 e. The molecule has 1 saturated heterocycles. The van der Waals surface area contributed by atoms with Gasteiger partial charge in [0.25, 0.3) is 0 Å². The van der Waals surface area contributed by atoms with Gasteiger partial charge in [0.2, 0.25) is 5.91 Å². The van der Waals surface area contributed by atoms with Gasteiger partial charge in [0, 0.05) is 17.8 Å². The Morgan fingerprint density at radius 3 is 2.78 bits per heavy atom. The number of piperidine rings is 1. The minimum atomic E-state index is 0.0770. The van der Waals surface area contributed by atoms with E-state index in [-0.39, 0.29) is 6.04 Å². The van der Waals surface area contributed by atoms with Crippen LogP contribution in [0.3, 0.4) is 0 Å². The van der Waals surface area contributed by atoms with Crippen LogP contribution in [-0.2, 0) is 4.79 Å². The molecule has 3 unspecified atom stereocenters. The highest BCUT2D eigenvalue weighted by Gasteiger charge is 2.37. The standard InChI is InChI=1S/C14H26N2OS/c1-3-15-11-7-6-10-16(14(11)17)12-8-4-5-9-13(12)18-2/h11-13,15H,3-10H2,1-2H3. The lowest BCUT2D eigenvalue weighted by atomic mass is 9.91. The van der Waals surface area contributed by atoms with Gasteiger partial charge in [-0.05, 0) is 38.5 Å². The van der Waals surface area contributed by atoms with Crippen LogP contribution in [0, 0.1) is 0 Å². The van der Waals surface area contributed by atoms with Gasteiger partial charge < -0.3 is 10.2 Å². The molecule has 1 aliphatic heterocycles. The molecule has 0 spiro atoms. The minimum absolute atomic E-state index is 0.0770. The fourth-order valence-electron chi connectivity index (χ4n) is 3.37. The van der Waals surface area contributed by atoms with E-state index in [1.807, 2.05) is 11.8 Å². The topological polar surface area (TPSA) is 32.3 Å². The number of likely N-dealkylation sites (tertiary alicyclic amines) is 1.